The van der Waals surface area contributed by atoms with E-state index in [9.17, 15) is 0 Å². The fraction of sp³-hybridized carbons (Fsp3) is 0.235. The summed E-state index contributed by atoms with van der Waals surface area (Å²) in [5, 5.41) is 11.5. The first-order valence-corrected chi connectivity index (χ1v) is 8.35. The molecule has 0 aliphatic carbocycles. The van der Waals surface area contributed by atoms with Gasteiger partial charge in [-0.05, 0) is 50.2 Å². The molecule has 1 N–H and O–H groups in total. The van der Waals surface area contributed by atoms with Crippen molar-refractivity contribution < 1.29 is 0 Å². The molecule has 0 amide bonds. The van der Waals surface area contributed by atoms with Crippen molar-refractivity contribution >= 4 is 51.9 Å². The Morgan fingerprint density at radius 3 is 2.35 bits per heavy atom. The first-order chi connectivity index (χ1) is 11.0. The molecule has 0 aliphatic rings. The minimum Gasteiger partial charge on any atom is -0.388 e. The molecule has 3 nitrogen and oxygen atoms in total. The van der Waals surface area contributed by atoms with E-state index in [1.54, 1.807) is 12.1 Å². The van der Waals surface area contributed by atoms with E-state index < -0.39 is 0 Å². The average molecular weight is 371 g/mol. The first-order valence-electron chi connectivity index (χ1n) is 7.21. The molecule has 0 bridgehead atoms. The van der Waals surface area contributed by atoms with Crippen LogP contribution in [0.4, 0.5) is 11.4 Å². The Labute approximate surface area is 151 Å². The topological polar surface area (TPSA) is 27.6 Å². The van der Waals surface area contributed by atoms with E-state index in [-0.39, 0.29) is 0 Å². The van der Waals surface area contributed by atoms with Gasteiger partial charge in [0.15, 0.2) is 0 Å². The maximum Gasteiger partial charge on any atom is 0.0781 e. The molecule has 122 valence electrons. The summed E-state index contributed by atoms with van der Waals surface area (Å²) in [6.07, 6.45) is 0. The molecule has 2 aromatic carbocycles. The molecule has 0 unspecified atom stereocenters. The van der Waals surface area contributed by atoms with Crippen molar-refractivity contribution in [2.45, 2.75) is 13.8 Å². The number of anilines is 2. The van der Waals surface area contributed by atoms with Crippen molar-refractivity contribution in [3.8, 4) is 0 Å². The average Bonchev–Trinajstić information content (AvgIpc) is 2.53. The molecule has 2 rings (SSSR count). The minimum atomic E-state index is 0.566. The van der Waals surface area contributed by atoms with Gasteiger partial charge in [-0.3, -0.25) is 5.01 Å². The molecule has 0 aromatic heterocycles. The predicted molar refractivity (Wildman–Crippen MR) is 103 cm³/mol. The summed E-state index contributed by atoms with van der Waals surface area (Å²) in [7, 11) is 1.87. The van der Waals surface area contributed by atoms with E-state index in [0.717, 1.165) is 22.6 Å². The molecule has 0 saturated heterocycles. The lowest BCUT2D eigenvalue weighted by Gasteiger charge is -2.20. The lowest BCUT2D eigenvalue weighted by Crippen LogP contribution is -2.18. The molecule has 2 aromatic rings. The van der Waals surface area contributed by atoms with Crippen molar-refractivity contribution in [3.63, 3.8) is 0 Å². The summed E-state index contributed by atoms with van der Waals surface area (Å²) in [6.45, 7) is 4.63. The Bertz CT molecular complexity index is 729. The Morgan fingerprint density at radius 2 is 1.74 bits per heavy atom. The standard InChI is InChI=1S/C17H18Cl3N3/c1-4-23(17-8-6-13(19)10-15(17)20)22-11(2)14-9-12(18)5-7-16(14)21-3/h5-10,21H,4H2,1-3H3/b22-11-. The number of hydrazone groups is 1. The van der Waals surface area contributed by atoms with E-state index in [0.29, 0.717) is 21.6 Å². The fourth-order valence-corrected chi connectivity index (χ4v) is 2.93. The summed E-state index contributed by atoms with van der Waals surface area (Å²) in [4.78, 5) is 0. The molecule has 0 aliphatic heterocycles. The number of hydrogen-bond donors (Lipinski definition) is 1. The lowest BCUT2D eigenvalue weighted by atomic mass is 10.1. The lowest BCUT2D eigenvalue weighted by molar-refractivity contribution is 0.892. The zero-order valence-corrected chi connectivity index (χ0v) is 15.5. The van der Waals surface area contributed by atoms with Crippen LogP contribution in [0.3, 0.4) is 0 Å². The highest BCUT2D eigenvalue weighted by Gasteiger charge is 2.11. The number of benzene rings is 2. The van der Waals surface area contributed by atoms with Gasteiger partial charge in [0.2, 0.25) is 0 Å². The van der Waals surface area contributed by atoms with Crippen LogP contribution >= 0.6 is 34.8 Å². The van der Waals surface area contributed by atoms with Gasteiger partial charge < -0.3 is 5.32 Å². The summed E-state index contributed by atoms with van der Waals surface area (Å²) in [6, 6.07) is 11.0. The van der Waals surface area contributed by atoms with Crippen LogP contribution in [-0.4, -0.2) is 19.3 Å². The Hall–Kier alpha value is -1.42. The van der Waals surface area contributed by atoms with Crippen molar-refractivity contribution in [2.75, 3.05) is 23.9 Å². The second-order valence-corrected chi connectivity index (χ2v) is 6.22. The minimum absolute atomic E-state index is 0.566. The van der Waals surface area contributed by atoms with E-state index in [1.165, 1.54) is 0 Å². The molecule has 0 fully saturated rings. The SMILES string of the molecule is CCN(/N=C(/C)c1cc(Cl)ccc1NC)c1ccc(Cl)cc1Cl. The van der Waals surface area contributed by atoms with E-state index in [4.69, 9.17) is 39.9 Å². The summed E-state index contributed by atoms with van der Waals surface area (Å²) in [5.41, 5.74) is 3.56. The third-order valence-corrected chi connectivity index (χ3v) is 4.17. The maximum atomic E-state index is 6.29. The molecule has 0 spiro atoms. The summed E-state index contributed by atoms with van der Waals surface area (Å²) < 4.78 is 0. The largest absolute Gasteiger partial charge is 0.388 e. The third kappa shape index (κ3) is 4.31. The third-order valence-electron chi connectivity index (χ3n) is 3.40. The van der Waals surface area contributed by atoms with Crippen LogP contribution in [0, 0.1) is 0 Å². The molecule has 6 heteroatoms. The van der Waals surface area contributed by atoms with Crippen LogP contribution in [0.2, 0.25) is 15.1 Å². The molecular weight excluding hydrogens is 353 g/mol. The van der Waals surface area contributed by atoms with Gasteiger partial charge in [0.1, 0.15) is 0 Å². The van der Waals surface area contributed by atoms with Gasteiger partial charge in [0.05, 0.1) is 16.4 Å². The zero-order valence-electron chi connectivity index (χ0n) is 13.2. The first kappa shape index (κ1) is 17.9. The maximum absolute atomic E-state index is 6.29. The Balaban J connectivity index is 2.43. The number of rotatable bonds is 5. The van der Waals surface area contributed by atoms with Crippen LogP contribution in [-0.2, 0) is 0 Å². The molecule has 23 heavy (non-hydrogen) atoms. The van der Waals surface area contributed by atoms with Gasteiger partial charge in [-0.25, -0.2) is 0 Å². The van der Waals surface area contributed by atoms with Crippen LogP contribution < -0.4 is 10.3 Å². The monoisotopic (exact) mass is 369 g/mol. The Morgan fingerprint density at radius 1 is 1.09 bits per heavy atom. The molecule has 0 saturated carbocycles. The van der Waals surface area contributed by atoms with Crippen molar-refractivity contribution in [1.29, 1.82) is 0 Å². The van der Waals surface area contributed by atoms with Gasteiger partial charge >= 0.3 is 0 Å². The van der Waals surface area contributed by atoms with Gasteiger partial charge in [0, 0.05) is 34.9 Å². The Kier molecular flexibility index (Phi) is 6.17. The number of halogens is 3. The number of hydrogen-bond acceptors (Lipinski definition) is 3. The molecular formula is C17H18Cl3N3. The molecule has 0 heterocycles. The van der Waals surface area contributed by atoms with Gasteiger partial charge in [-0.15, -0.1) is 0 Å². The highest BCUT2D eigenvalue weighted by molar-refractivity contribution is 6.36. The zero-order chi connectivity index (χ0) is 17.0. The van der Waals surface area contributed by atoms with Crippen LogP contribution in [0.1, 0.15) is 19.4 Å². The normalized spacial score (nSPS) is 11.5. The van der Waals surface area contributed by atoms with Crippen LogP contribution in [0.15, 0.2) is 41.5 Å². The van der Waals surface area contributed by atoms with E-state index in [2.05, 4.69) is 5.32 Å². The summed E-state index contributed by atoms with van der Waals surface area (Å²) >= 11 is 18.4. The predicted octanol–water partition coefficient (Wildman–Crippen LogP) is 5.94. The van der Waals surface area contributed by atoms with Crippen molar-refractivity contribution in [3.05, 3.63) is 57.0 Å². The van der Waals surface area contributed by atoms with Crippen molar-refractivity contribution in [2.24, 2.45) is 5.10 Å². The van der Waals surface area contributed by atoms with Crippen LogP contribution in [0.5, 0.6) is 0 Å². The number of nitrogens with zero attached hydrogens (tertiary/aromatic N) is 2. The summed E-state index contributed by atoms with van der Waals surface area (Å²) in [5.74, 6) is 0. The second kappa shape index (κ2) is 7.91. The molecule has 0 radical (unpaired) electrons. The van der Waals surface area contributed by atoms with Gasteiger partial charge in [-0.2, -0.15) is 5.10 Å². The smallest absolute Gasteiger partial charge is 0.0781 e. The number of nitrogens with one attached hydrogen (secondary N) is 1. The van der Waals surface area contributed by atoms with Gasteiger partial charge in [0.25, 0.3) is 0 Å². The van der Waals surface area contributed by atoms with Gasteiger partial charge in [-0.1, -0.05) is 34.8 Å². The quantitative estimate of drug-likeness (QED) is 0.521. The van der Waals surface area contributed by atoms with Crippen molar-refractivity contribution in [1.82, 2.24) is 0 Å². The van der Waals surface area contributed by atoms with E-state index in [1.807, 2.05) is 50.2 Å². The highest BCUT2D eigenvalue weighted by atomic mass is 35.5. The van der Waals surface area contributed by atoms with E-state index >= 15 is 0 Å². The highest BCUT2D eigenvalue weighted by Crippen LogP contribution is 2.29. The fourth-order valence-electron chi connectivity index (χ4n) is 2.25. The van der Waals surface area contributed by atoms with Crippen LogP contribution in [0.25, 0.3) is 0 Å². The second-order valence-electron chi connectivity index (χ2n) is 4.94. The molecule has 0 atom stereocenters.